The third-order valence-corrected chi connectivity index (χ3v) is 5.44. The molecule has 10 heteroatoms. The summed E-state index contributed by atoms with van der Waals surface area (Å²) in [5, 5.41) is 15.1. The van der Waals surface area contributed by atoms with Crippen molar-refractivity contribution < 1.29 is 17.7 Å². The van der Waals surface area contributed by atoms with E-state index in [9.17, 15) is 13.2 Å². The maximum absolute atomic E-state index is 13.1. The average Bonchev–Trinajstić information content (AvgIpc) is 3.28. The summed E-state index contributed by atoms with van der Waals surface area (Å²) in [5.41, 5.74) is -1.16. The minimum Gasteiger partial charge on any atom is -0.339 e. The first-order valence-corrected chi connectivity index (χ1v) is 9.73. The Hall–Kier alpha value is -2.38. The van der Waals surface area contributed by atoms with Gasteiger partial charge in [0.1, 0.15) is 11.1 Å². The van der Waals surface area contributed by atoms with Crippen molar-refractivity contribution in [2.75, 3.05) is 5.75 Å². The SMILES string of the molecule is Cc1cc(C(F)(F)F)c(C#N)c(SCCCc2nc(-c3cccs3)no2)n1. The molecule has 3 aromatic heterocycles. The zero-order valence-corrected chi connectivity index (χ0v) is 15.7. The Morgan fingerprint density at radius 3 is 2.81 bits per heavy atom. The predicted octanol–water partition coefficient (Wildman–Crippen LogP) is 5.12. The van der Waals surface area contributed by atoms with Gasteiger partial charge in [-0.1, -0.05) is 11.2 Å². The fourth-order valence-electron chi connectivity index (χ4n) is 2.34. The van der Waals surface area contributed by atoms with Crippen LogP contribution >= 0.6 is 23.1 Å². The lowest BCUT2D eigenvalue weighted by Gasteiger charge is -2.12. The average molecular weight is 410 g/mol. The highest BCUT2D eigenvalue weighted by molar-refractivity contribution is 7.99. The lowest BCUT2D eigenvalue weighted by molar-refractivity contribution is -0.138. The number of hydrogen-bond donors (Lipinski definition) is 0. The number of rotatable bonds is 6. The molecule has 0 aliphatic carbocycles. The normalized spacial score (nSPS) is 11.5. The molecule has 0 saturated carbocycles. The van der Waals surface area contributed by atoms with Crippen LogP contribution in [0.5, 0.6) is 0 Å². The Morgan fingerprint density at radius 2 is 2.15 bits per heavy atom. The Balaban J connectivity index is 1.63. The first-order chi connectivity index (χ1) is 12.9. The van der Waals surface area contributed by atoms with Gasteiger partial charge < -0.3 is 4.52 Å². The van der Waals surface area contributed by atoms with Crippen LogP contribution in [0.4, 0.5) is 13.2 Å². The molecule has 0 aromatic carbocycles. The molecule has 3 rings (SSSR count). The van der Waals surface area contributed by atoms with E-state index in [2.05, 4.69) is 15.1 Å². The van der Waals surface area contributed by atoms with Crippen LogP contribution in [0, 0.1) is 18.3 Å². The largest absolute Gasteiger partial charge is 0.417 e. The van der Waals surface area contributed by atoms with Gasteiger partial charge >= 0.3 is 6.18 Å². The molecule has 0 fully saturated rings. The number of aromatic nitrogens is 3. The highest BCUT2D eigenvalue weighted by Crippen LogP contribution is 2.36. The van der Waals surface area contributed by atoms with E-state index in [1.54, 1.807) is 6.07 Å². The molecule has 0 aliphatic rings. The van der Waals surface area contributed by atoms with E-state index in [0.29, 0.717) is 30.3 Å². The van der Waals surface area contributed by atoms with Crippen molar-refractivity contribution in [1.29, 1.82) is 5.26 Å². The van der Waals surface area contributed by atoms with E-state index in [-0.39, 0.29) is 10.7 Å². The van der Waals surface area contributed by atoms with Gasteiger partial charge in [-0.2, -0.15) is 23.4 Å². The van der Waals surface area contributed by atoms with Crippen molar-refractivity contribution >= 4 is 23.1 Å². The summed E-state index contributed by atoms with van der Waals surface area (Å²) >= 11 is 2.62. The topological polar surface area (TPSA) is 75.6 Å². The summed E-state index contributed by atoms with van der Waals surface area (Å²) in [6, 6.07) is 6.31. The second-order valence-electron chi connectivity index (χ2n) is 5.54. The summed E-state index contributed by atoms with van der Waals surface area (Å²) in [5.74, 6) is 1.46. The van der Waals surface area contributed by atoms with E-state index in [0.717, 1.165) is 22.7 Å². The third kappa shape index (κ3) is 4.67. The maximum Gasteiger partial charge on any atom is 0.417 e. The minimum atomic E-state index is -4.59. The monoisotopic (exact) mass is 410 g/mol. The standard InChI is InChI=1S/C17H13F3N4OS2/c1-10-8-12(17(18,19)20)11(9-21)16(22-10)27-7-3-5-14-23-15(24-25-14)13-4-2-6-26-13/h2,4,6,8H,3,5,7H2,1H3. The second kappa shape index (κ2) is 8.10. The number of pyridine rings is 1. The van der Waals surface area contributed by atoms with Gasteiger partial charge in [-0.3, -0.25) is 0 Å². The van der Waals surface area contributed by atoms with Crippen molar-refractivity contribution in [2.45, 2.75) is 31.0 Å². The van der Waals surface area contributed by atoms with Crippen molar-refractivity contribution in [3.63, 3.8) is 0 Å². The van der Waals surface area contributed by atoms with Crippen molar-refractivity contribution in [1.82, 2.24) is 15.1 Å². The molecular formula is C17H13F3N4OS2. The minimum absolute atomic E-state index is 0.0922. The second-order valence-corrected chi connectivity index (χ2v) is 7.57. The van der Waals surface area contributed by atoms with Crippen LogP contribution in [-0.2, 0) is 12.6 Å². The zero-order chi connectivity index (χ0) is 19.4. The highest BCUT2D eigenvalue weighted by atomic mass is 32.2. The Kier molecular flexibility index (Phi) is 5.82. The van der Waals surface area contributed by atoms with Crippen molar-refractivity contribution in [3.05, 3.63) is 46.3 Å². The molecular weight excluding hydrogens is 397 g/mol. The number of aryl methyl sites for hydroxylation is 2. The molecule has 0 radical (unpaired) electrons. The third-order valence-electron chi connectivity index (χ3n) is 3.51. The molecule has 0 N–H and O–H groups in total. The first-order valence-electron chi connectivity index (χ1n) is 7.86. The number of thioether (sulfide) groups is 1. The Labute approximate surface area is 161 Å². The molecule has 3 heterocycles. The molecule has 0 bridgehead atoms. The molecule has 0 atom stereocenters. The van der Waals surface area contributed by atoms with E-state index < -0.39 is 17.3 Å². The van der Waals surface area contributed by atoms with Gasteiger partial charge in [-0.15, -0.1) is 23.1 Å². The fourth-order valence-corrected chi connectivity index (χ4v) is 3.97. The lowest BCUT2D eigenvalue weighted by atomic mass is 10.1. The van der Waals surface area contributed by atoms with Gasteiger partial charge in [0.25, 0.3) is 0 Å². The lowest BCUT2D eigenvalue weighted by Crippen LogP contribution is -2.10. The van der Waals surface area contributed by atoms with Crippen LogP contribution in [0.3, 0.4) is 0 Å². The van der Waals surface area contributed by atoms with E-state index in [1.807, 2.05) is 17.5 Å². The zero-order valence-electron chi connectivity index (χ0n) is 14.1. The molecule has 0 amide bonds. The van der Waals surface area contributed by atoms with Gasteiger partial charge in [0.15, 0.2) is 0 Å². The number of alkyl halides is 3. The maximum atomic E-state index is 13.1. The highest BCUT2D eigenvalue weighted by Gasteiger charge is 2.35. The van der Waals surface area contributed by atoms with Crippen molar-refractivity contribution in [2.24, 2.45) is 0 Å². The van der Waals surface area contributed by atoms with Gasteiger partial charge in [-0.25, -0.2) is 4.98 Å². The summed E-state index contributed by atoms with van der Waals surface area (Å²) in [6.45, 7) is 1.48. The van der Waals surface area contributed by atoms with Crippen molar-refractivity contribution in [3.8, 4) is 16.8 Å². The van der Waals surface area contributed by atoms with Gasteiger partial charge in [-0.05, 0) is 30.9 Å². The van der Waals surface area contributed by atoms with Gasteiger partial charge in [0.2, 0.25) is 11.7 Å². The Bertz CT molecular complexity index is 962. The Morgan fingerprint density at radius 1 is 1.33 bits per heavy atom. The summed E-state index contributed by atoms with van der Waals surface area (Å²) < 4.78 is 44.5. The predicted molar refractivity (Wildman–Crippen MR) is 95.3 cm³/mol. The first kappa shape index (κ1) is 19.4. The van der Waals surface area contributed by atoms with E-state index in [4.69, 9.17) is 9.78 Å². The fraction of sp³-hybridized carbons (Fsp3) is 0.294. The summed E-state index contributed by atoms with van der Waals surface area (Å²) in [6.07, 6.45) is -3.50. The molecule has 0 unspecified atom stereocenters. The van der Waals surface area contributed by atoms with E-state index >= 15 is 0 Å². The number of thiophene rings is 1. The van der Waals surface area contributed by atoms with Gasteiger partial charge in [0, 0.05) is 17.9 Å². The molecule has 0 aliphatic heterocycles. The van der Waals surface area contributed by atoms with Crippen LogP contribution in [0.25, 0.3) is 10.7 Å². The molecule has 0 spiro atoms. The van der Waals surface area contributed by atoms with Crippen LogP contribution in [0.2, 0.25) is 0 Å². The van der Waals surface area contributed by atoms with E-state index in [1.165, 1.54) is 18.3 Å². The molecule has 3 aromatic rings. The number of nitrogens with zero attached hydrogens (tertiary/aromatic N) is 4. The number of hydrogen-bond acceptors (Lipinski definition) is 7. The summed E-state index contributed by atoms with van der Waals surface area (Å²) in [7, 11) is 0. The number of nitriles is 1. The molecule has 5 nitrogen and oxygen atoms in total. The van der Waals surface area contributed by atoms with Crippen LogP contribution in [-0.4, -0.2) is 20.9 Å². The van der Waals surface area contributed by atoms with Crippen LogP contribution in [0.1, 0.15) is 29.1 Å². The quantitative estimate of drug-likeness (QED) is 0.415. The van der Waals surface area contributed by atoms with Crippen LogP contribution < -0.4 is 0 Å². The van der Waals surface area contributed by atoms with Gasteiger partial charge in [0.05, 0.1) is 16.0 Å². The molecule has 0 saturated heterocycles. The molecule has 27 heavy (non-hydrogen) atoms. The number of halogens is 3. The molecule has 140 valence electrons. The summed E-state index contributed by atoms with van der Waals surface area (Å²) in [4.78, 5) is 9.29. The van der Waals surface area contributed by atoms with Crippen LogP contribution in [0.15, 0.2) is 33.1 Å². The smallest absolute Gasteiger partial charge is 0.339 e.